The quantitative estimate of drug-likeness (QED) is 0.269. The summed E-state index contributed by atoms with van der Waals surface area (Å²) in [4.78, 5) is 46.9. The van der Waals surface area contributed by atoms with Gasteiger partial charge in [0.1, 0.15) is 31.1 Å². The molecule has 0 radical (unpaired) electrons. The van der Waals surface area contributed by atoms with Crippen molar-refractivity contribution in [2.24, 2.45) is 0 Å². The lowest BCUT2D eigenvalue weighted by atomic mass is 9.96. The monoisotopic (exact) mass is 535 g/mol. The lowest BCUT2D eigenvalue weighted by Gasteiger charge is -2.44. The predicted octanol–water partition coefficient (Wildman–Crippen LogP) is 2.04. The van der Waals surface area contributed by atoms with E-state index in [1.165, 1.54) is 19.9 Å². The Balaban J connectivity index is 2.22. The summed E-state index contributed by atoms with van der Waals surface area (Å²) in [7, 11) is 0. The van der Waals surface area contributed by atoms with Crippen LogP contribution in [0, 0.1) is 0 Å². The van der Waals surface area contributed by atoms with Crippen LogP contribution >= 0.6 is 23.2 Å². The standard InChI is InChI=1S/C22H27Cl2NO10/c1-11(26)25-19-21(34-14(4)29)20(33-13(3)28)18(10-32-12(2)27)35-22(19)31-8-7-30-17-6-5-15(23)9-16(17)24/h5-6,9,18-22H,7-8,10H2,1-4H3,(H,25,26)/t18-,19+,20+,21-,22-/m0/s1. The highest BCUT2D eigenvalue weighted by Crippen LogP contribution is 2.29. The maximum atomic E-state index is 11.9. The normalized spacial score (nSPS) is 23.7. The van der Waals surface area contributed by atoms with E-state index in [0.29, 0.717) is 15.8 Å². The predicted molar refractivity (Wildman–Crippen MR) is 122 cm³/mol. The number of ether oxygens (including phenoxy) is 6. The zero-order chi connectivity index (χ0) is 26.1. The van der Waals surface area contributed by atoms with Gasteiger partial charge >= 0.3 is 17.9 Å². The van der Waals surface area contributed by atoms with Crippen LogP contribution in [-0.2, 0) is 42.9 Å². The topological polar surface area (TPSA) is 136 Å². The maximum absolute atomic E-state index is 11.9. The van der Waals surface area contributed by atoms with Gasteiger partial charge in [-0.15, -0.1) is 0 Å². The fourth-order valence-electron chi connectivity index (χ4n) is 3.34. The van der Waals surface area contributed by atoms with E-state index in [9.17, 15) is 19.2 Å². The van der Waals surface area contributed by atoms with Crippen molar-refractivity contribution in [3.05, 3.63) is 28.2 Å². The van der Waals surface area contributed by atoms with Crippen LogP contribution in [0.25, 0.3) is 0 Å². The molecule has 1 heterocycles. The van der Waals surface area contributed by atoms with E-state index in [1.807, 2.05) is 0 Å². The van der Waals surface area contributed by atoms with E-state index in [-0.39, 0.29) is 19.8 Å². The molecule has 0 unspecified atom stereocenters. The van der Waals surface area contributed by atoms with Crippen LogP contribution in [-0.4, -0.2) is 74.3 Å². The summed E-state index contributed by atoms with van der Waals surface area (Å²) < 4.78 is 33.0. The average Bonchev–Trinajstić information content (AvgIpc) is 2.73. The van der Waals surface area contributed by atoms with Crippen LogP contribution in [0.4, 0.5) is 0 Å². The first-order valence-corrected chi connectivity index (χ1v) is 11.3. The zero-order valence-electron chi connectivity index (χ0n) is 19.6. The second-order valence-corrected chi connectivity index (χ2v) is 8.36. The van der Waals surface area contributed by atoms with Crippen molar-refractivity contribution in [3.63, 3.8) is 0 Å². The van der Waals surface area contributed by atoms with E-state index < -0.39 is 54.5 Å². The molecule has 13 heteroatoms. The number of carbonyl (C=O) groups excluding carboxylic acids is 4. The van der Waals surface area contributed by atoms with Gasteiger partial charge in [-0.3, -0.25) is 19.2 Å². The van der Waals surface area contributed by atoms with Gasteiger partial charge in [-0.2, -0.15) is 0 Å². The van der Waals surface area contributed by atoms with Crippen molar-refractivity contribution in [3.8, 4) is 5.75 Å². The Kier molecular flexibility index (Phi) is 11.0. The number of carbonyl (C=O) groups is 4. The summed E-state index contributed by atoms with van der Waals surface area (Å²) in [6.07, 6.45) is -4.64. The third-order valence-corrected chi connectivity index (χ3v) is 5.12. The van der Waals surface area contributed by atoms with Gasteiger partial charge < -0.3 is 33.7 Å². The third kappa shape index (κ3) is 9.17. The summed E-state index contributed by atoms with van der Waals surface area (Å²) in [5, 5.41) is 3.37. The molecule has 5 atom stereocenters. The molecule has 0 aliphatic carbocycles. The van der Waals surface area contributed by atoms with Crippen molar-refractivity contribution in [1.82, 2.24) is 5.32 Å². The smallest absolute Gasteiger partial charge is 0.303 e. The number of esters is 3. The summed E-state index contributed by atoms with van der Waals surface area (Å²) in [5.41, 5.74) is 0. The molecular weight excluding hydrogens is 509 g/mol. The second-order valence-electron chi connectivity index (χ2n) is 7.51. The highest BCUT2D eigenvalue weighted by Gasteiger charge is 2.51. The van der Waals surface area contributed by atoms with Crippen LogP contribution in [0.2, 0.25) is 10.0 Å². The van der Waals surface area contributed by atoms with Gasteiger partial charge in [-0.1, -0.05) is 23.2 Å². The van der Waals surface area contributed by atoms with Gasteiger partial charge in [0.15, 0.2) is 18.5 Å². The first-order chi connectivity index (χ1) is 16.5. The van der Waals surface area contributed by atoms with Gasteiger partial charge in [0.25, 0.3) is 0 Å². The van der Waals surface area contributed by atoms with Gasteiger partial charge in [0, 0.05) is 32.7 Å². The summed E-state index contributed by atoms with van der Waals surface area (Å²) >= 11 is 12.0. The van der Waals surface area contributed by atoms with Crippen molar-refractivity contribution in [1.29, 1.82) is 0 Å². The van der Waals surface area contributed by atoms with Crippen LogP contribution < -0.4 is 10.1 Å². The maximum Gasteiger partial charge on any atom is 0.303 e. The summed E-state index contributed by atoms with van der Waals surface area (Å²) in [6.45, 7) is 4.43. The minimum absolute atomic E-state index is 0.0359. The van der Waals surface area contributed by atoms with Crippen molar-refractivity contribution in [2.45, 2.75) is 58.3 Å². The SMILES string of the molecule is CC(=O)N[C@H]1[C@@H](OCCOc2ccc(Cl)cc2Cl)O[C@@H](COC(C)=O)[C@@H](OC(C)=O)[C@H]1OC(C)=O. The number of nitrogens with one attached hydrogen (secondary N) is 1. The molecule has 0 spiro atoms. The molecular formula is C22H27Cl2NO10. The first kappa shape index (κ1) is 28.6. The Bertz CT molecular complexity index is 927. The Morgan fingerprint density at radius 3 is 2.17 bits per heavy atom. The fraction of sp³-hybridized carbons (Fsp3) is 0.545. The molecule has 1 aliphatic heterocycles. The van der Waals surface area contributed by atoms with Crippen LogP contribution in [0.1, 0.15) is 27.7 Å². The van der Waals surface area contributed by atoms with E-state index in [2.05, 4.69) is 5.32 Å². The van der Waals surface area contributed by atoms with Crippen molar-refractivity contribution in [2.75, 3.05) is 19.8 Å². The van der Waals surface area contributed by atoms with Crippen LogP contribution in [0.3, 0.4) is 0 Å². The molecule has 1 aliphatic rings. The number of rotatable bonds is 10. The molecule has 1 amide bonds. The Labute approximate surface area is 212 Å². The molecule has 1 fully saturated rings. The summed E-state index contributed by atoms with van der Waals surface area (Å²) in [5.74, 6) is -2.10. The largest absolute Gasteiger partial charge is 0.490 e. The number of amides is 1. The van der Waals surface area contributed by atoms with E-state index in [0.717, 1.165) is 13.8 Å². The molecule has 0 aromatic heterocycles. The first-order valence-electron chi connectivity index (χ1n) is 10.6. The van der Waals surface area contributed by atoms with E-state index in [4.69, 9.17) is 51.6 Å². The lowest BCUT2D eigenvalue weighted by molar-refractivity contribution is -0.278. The Hall–Kier alpha value is -2.60. The lowest BCUT2D eigenvalue weighted by Crippen LogP contribution is -2.66. The molecule has 11 nitrogen and oxygen atoms in total. The highest BCUT2D eigenvalue weighted by molar-refractivity contribution is 6.35. The van der Waals surface area contributed by atoms with Crippen molar-refractivity contribution < 1.29 is 47.6 Å². The van der Waals surface area contributed by atoms with Gasteiger partial charge in [0.05, 0.1) is 11.6 Å². The van der Waals surface area contributed by atoms with Crippen LogP contribution in [0.15, 0.2) is 18.2 Å². The molecule has 1 aromatic carbocycles. The highest BCUT2D eigenvalue weighted by atomic mass is 35.5. The number of hydrogen-bond donors (Lipinski definition) is 1. The number of hydrogen-bond acceptors (Lipinski definition) is 10. The van der Waals surface area contributed by atoms with E-state index in [1.54, 1.807) is 12.1 Å². The van der Waals surface area contributed by atoms with Gasteiger partial charge in [-0.05, 0) is 18.2 Å². The molecule has 2 rings (SSSR count). The molecule has 1 saturated heterocycles. The molecule has 0 saturated carbocycles. The number of benzene rings is 1. The second kappa shape index (κ2) is 13.5. The Morgan fingerprint density at radius 1 is 0.943 bits per heavy atom. The zero-order valence-corrected chi connectivity index (χ0v) is 21.1. The average molecular weight is 536 g/mol. The molecule has 1 N–H and O–H groups in total. The third-order valence-electron chi connectivity index (χ3n) is 4.59. The minimum atomic E-state index is -1.20. The van der Waals surface area contributed by atoms with E-state index >= 15 is 0 Å². The summed E-state index contributed by atoms with van der Waals surface area (Å²) in [6, 6.07) is 3.67. The Morgan fingerprint density at radius 2 is 1.60 bits per heavy atom. The van der Waals surface area contributed by atoms with Crippen LogP contribution in [0.5, 0.6) is 5.75 Å². The minimum Gasteiger partial charge on any atom is -0.490 e. The van der Waals surface area contributed by atoms with Gasteiger partial charge in [-0.25, -0.2) is 0 Å². The molecule has 35 heavy (non-hydrogen) atoms. The van der Waals surface area contributed by atoms with Gasteiger partial charge in [0.2, 0.25) is 5.91 Å². The fourth-order valence-corrected chi connectivity index (χ4v) is 3.80. The molecule has 1 aromatic rings. The molecule has 0 bridgehead atoms. The molecule has 194 valence electrons. The van der Waals surface area contributed by atoms with Crippen molar-refractivity contribution >= 4 is 47.0 Å². The number of halogens is 2.